The molecule has 1 saturated carbocycles. The molecule has 0 aromatic heterocycles. The van der Waals surface area contributed by atoms with Gasteiger partial charge in [0.25, 0.3) is 5.91 Å². The van der Waals surface area contributed by atoms with Gasteiger partial charge in [-0.25, -0.2) is 0 Å². The Hall–Kier alpha value is -1.79. The number of hydrogen-bond acceptors (Lipinski definition) is 2. The van der Waals surface area contributed by atoms with E-state index in [1.807, 2.05) is 25.1 Å². The van der Waals surface area contributed by atoms with Crippen molar-refractivity contribution in [1.82, 2.24) is 5.32 Å². The van der Waals surface area contributed by atoms with E-state index in [2.05, 4.69) is 24.1 Å². The molecular formula is C18H24N2O. The largest absolute Gasteiger partial charge is 0.352 e. The van der Waals surface area contributed by atoms with Crippen LogP contribution in [0.4, 0.5) is 0 Å². The van der Waals surface area contributed by atoms with Crippen LogP contribution in [0.2, 0.25) is 0 Å². The van der Waals surface area contributed by atoms with Crippen molar-refractivity contribution >= 4 is 5.91 Å². The molecule has 0 spiro atoms. The fourth-order valence-electron chi connectivity index (χ4n) is 2.99. The molecular weight excluding hydrogens is 260 g/mol. The van der Waals surface area contributed by atoms with Crippen molar-refractivity contribution in [2.75, 3.05) is 13.1 Å². The highest BCUT2D eigenvalue weighted by molar-refractivity contribution is 5.94. The smallest absolute Gasteiger partial charge is 0.251 e. The Morgan fingerprint density at radius 1 is 1.38 bits per heavy atom. The lowest BCUT2D eigenvalue weighted by Crippen LogP contribution is -2.30. The monoisotopic (exact) mass is 284 g/mol. The third-order valence-corrected chi connectivity index (χ3v) is 4.24. The van der Waals surface area contributed by atoms with Gasteiger partial charge in [-0.2, -0.15) is 0 Å². The van der Waals surface area contributed by atoms with Crippen molar-refractivity contribution in [1.29, 1.82) is 0 Å². The molecule has 1 aliphatic rings. The molecule has 3 heteroatoms. The first-order valence-corrected chi connectivity index (χ1v) is 7.69. The molecule has 2 rings (SSSR count). The van der Waals surface area contributed by atoms with Crippen molar-refractivity contribution < 1.29 is 4.79 Å². The second-order valence-corrected chi connectivity index (χ2v) is 5.97. The number of amides is 1. The molecule has 1 amide bonds. The maximum Gasteiger partial charge on any atom is 0.251 e. The molecule has 3 N–H and O–H groups in total. The predicted octanol–water partition coefficient (Wildman–Crippen LogP) is 2.47. The number of hydrogen-bond donors (Lipinski definition) is 2. The summed E-state index contributed by atoms with van der Waals surface area (Å²) in [5, 5.41) is 3.07. The summed E-state index contributed by atoms with van der Waals surface area (Å²) < 4.78 is 0. The molecule has 0 saturated heterocycles. The van der Waals surface area contributed by atoms with Gasteiger partial charge in [-0.05, 0) is 48.9 Å². The molecule has 21 heavy (non-hydrogen) atoms. The van der Waals surface area contributed by atoms with Gasteiger partial charge >= 0.3 is 0 Å². The second kappa shape index (κ2) is 7.28. The van der Waals surface area contributed by atoms with E-state index in [1.54, 1.807) is 0 Å². The van der Waals surface area contributed by atoms with Crippen LogP contribution >= 0.6 is 0 Å². The van der Waals surface area contributed by atoms with Crippen LogP contribution in [0.25, 0.3) is 0 Å². The van der Waals surface area contributed by atoms with Crippen molar-refractivity contribution in [3.05, 3.63) is 34.9 Å². The third kappa shape index (κ3) is 4.34. The third-order valence-electron chi connectivity index (χ3n) is 4.24. The number of carbonyl (C=O) groups is 1. The standard InChI is InChI=1S/C18H24N2O/c1-13-9-15(6-4-8-19)11-17(10-13)18(21)20-12-16-7-3-5-14(16)2/h9-11,14,16H,3,5,7-8,12,19H2,1-2H3,(H,20,21). The molecule has 0 radical (unpaired) electrons. The van der Waals surface area contributed by atoms with Gasteiger partial charge in [0.1, 0.15) is 0 Å². The Labute approximate surface area is 127 Å². The average molecular weight is 284 g/mol. The van der Waals surface area contributed by atoms with Crippen molar-refractivity contribution in [3.8, 4) is 11.8 Å². The normalized spacial score (nSPS) is 20.7. The molecule has 112 valence electrons. The fourth-order valence-corrected chi connectivity index (χ4v) is 2.99. The number of carbonyl (C=O) groups excluding carboxylic acids is 1. The zero-order chi connectivity index (χ0) is 15.2. The lowest BCUT2D eigenvalue weighted by molar-refractivity contribution is 0.0944. The Morgan fingerprint density at radius 3 is 2.86 bits per heavy atom. The van der Waals surface area contributed by atoms with Crippen LogP contribution in [0.1, 0.15) is 47.7 Å². The summed E-state index contributed by atoms with van der Waals surface area (Å²) in [6.07, 6.45) is 3.79. The van der Waals surface area contributed by atoms with Gasteiger partial charge < -0.3 is 11.1 Å². The summed E-state index contributed by atoms with van der Waals surface area (Å²) in [5.41, 5.74) is 7.96. The first kappa shape index (κ1) is 15.6. The second-order valence-electron chi connectivity index (χ2n) is 5.97. The van der Waals surface area contributed by atoms with E-state index in [-0.39, 0.29) is 5.91 Å². The van der Waals surface area contributed by atoms with E-state index in [0.29, 0.717) is 23.9 Å². The van der Waals surface area contributed by atoms with E-state index in [0.717, 1.165) is 17.7 Å². The lowest BCUT2D eigenvalue weighted by Gasteiger charge is -2.16. The number of aryl methyl sites for hydroxylation is 1. The highest BCUT2D eigenvalue weighted by atomic mass is 16.1. The van der Waals surface area contributed by atoms with E-state index in [9.17, 15) is 4.79 Å². The molecule has 2 atom stereocenters. The Balaban J connectivity index is 2.03. The number of nitrogens with two attached hydrogens (primary N) is 1. The summed E-state index contributed by atoms with van der Waals surface area (Å²) in [4.78, 5) is 12.3. The van der Waals surface area contributed by atoms with Crippen molar-refractivity contribution in [2.24, 2.45) is 17.6 Å². The molecule has 2 unspecified atom stereocenters. The molecule has 0 aliphatic heterocycles. The maximum atomic E-state index is 12.3. The highest BCUT2D eigenvalue weighted by Gasteiger charge is 2.23. The predicted molar refractivity (Wildman–Crippen MR) is 85.9 cm³/mol. The quantitative estimate of drug-likeness (QED) is 0.838. The maximum absolute atomic E-state index is 12.3. The Bertz CT molecular complexity index is 568. The van der Waals surface area contributed by atoms with Crippen LogP contribution in [0.15, 0.2) is 18.2 Å². The van der Waals surface area contributed by atoms with Crippen LogP contribution in [0.3, 0.4) is 0 Å². The molecule has 0 bridgehead atoms. The summed E-state index contributed by atoms with van der Waals surface area (Å²) in [6, 6.07) is 5.71. The van der Waals surface area contributed by atoms with Gasteiger partial charge in [0.05, 0.1) is 6.54 Å². The van der Waals surface area contributed by atoms with E-state index in [4.69, 9.17) is 5.73 Å². The van der Waals surface area contributed by atoms with Crippen molar-refractivity contribution in [3.63, 3.8) is 0 Å². The van der Waals surface area contributed by atoms with Crippen LogP contribution in [0.5, 0.6) is 0 Å². The van der Waals surface area contributed by atoms with Crippen LogP contribution in [0, 0.1) is 30.6 Å². The Morgan fingerprint density at radius 2 is 2.19 bits per heavy atom. The minimum absolute atomic E-state index is 0.00593. The number of benzene rings is 1. The summed E-state index contributed by atoms with van der Waals surface area (Å²) in [7, 11) is 0. The van der Waals surface area contributed by atoms with Gasteiger partial charge in [0, 0.05) is 17.7 Å². The summed E-state index contributed by atoms with van der Waals surface area (Å²) in [5.74, 6) is 7.15. The zero-order valence-corrected chi connectivity index (χ0v) is 12.9. The van der Waals surface area contributed by atoms with Gasteiger partial charge in [-0.15, -0.1) is 0 Å². The molecule has 1 aromatic rings. The topological polar surface area (TPSA) is 55.1 Å². The van der Waals surface area contributed by atoms with Crippen LogP contribution in [-0.4, -0.2) is 19.0 Å². The van der Waals surface area contributed by atoms with E-state index >= 15 is 0 Å². The summed E-state index contributed by atoms with van der Waals surface area (Å²) >= 11 is 0. The first-order valence-electron chi connectivity index (χ1n) is 7.69. The number of nitrogens with one attached hydrogen (secondary N) is 1. The zero-order valence-electron chi connectivity index (χ0n) is 12.9. The lowest BCUT2D eigenvalue weighted by atomic mass is 9.98. The van der Waals surface area contributed by atoms with Crippen LogP contribution < -0.4 is 11.1 Å². The van der Waals surface area contributed by atoms with Gasteiger partial charge in [-0.3, -0.25) is 4.79 Å². The summed E-state index contributed by atoms with van der Waals surface area (Å²) in [6.45, 7) is 5.35. The van der Waals surface area contributed by atoms with E-state index in [1.165, 1.54) is 19.3 Å². The molecule has 1 aliphatic carbocycles. The van der Waals surface area contributed by atoms with E-state index < -0.39 is 0 Å². The molecule has 1 aromatic carbocycles. The van der Waals surface area contributed by atoms with Gasteiger partial charge in [0.15, 0.2) is 0 Å². The highest BCUT2D eigenvalue weighted by Crippen LogP contribution is 2.30. The SMILES string of the molecule is Cc1cc(C#CCN)cc(C(=O)NCC2CCCC2C)c1. The van der Waals surface area contributed by atoms with Crippen LogP contribution in [-0.2, 0) is 0 Å². The van der Waals surface area contributed by atoms with Gasteiger partial charge in [0.2, 0.25) is 0 Å². The molecule has 3 nitrogen and oxygen atoms in total. The Kier molecular flexibility index (Phi) is 5.41. The van der Waals surface area contributed by atoms with Gasteiger partial charge in [-0.1, -0.05) is 31.6 Å². The average Bonchev–Trinajstić information content (AvgIpc) is 2.87. The minimum Gasteiger partial charge on any atom is -0.352 e. The van der Waals surface area contributed by atoms with Crippen molar-refractivity contribution in [2.45, 2.75) is 33.1 Å². The first-order chi connectivity index (χ1) is 10.1. The number of rotatable bonds is 3. The minimum atomic E-state index is -0.00593. The molecule has 0 heterocycles. The molecule has 1 fully saturated rings. The fraction of sp³-hybridized carbons (Fsp3) is 0.500.